The van der Waals surface area contributed by atoms with E-state index in [9.17, 15) is 9.18 Å². The van der Waals surface area contributed by atoms with Crippen LogP contribution in [-0.4, -0.2) is 13.1 Å². The van der Waals surface area contributed by atoms with E-state index in [2.05, 4.69) is 10.1 Å². The van der Waals surface area contributed by atoms with Crippen LogP contribution in [0.25, 0.3) is 0 Å². The number of nitriles is 1. The summed E-state index contributed by atoms with van der Waals surface area (Å²) in [6.45, 7) is 0. The molecule has 0 saturated carbocycles. The second-order valence-corrected chi connectivity index (χ2v) is 4.23. The van der Waals surface area contributed by atoms with Crippen molar-refractivity contribution in [2.75, 3.05) is 18.2 Å². The number of halogens is 1. The second kappa shape index (κ2) is 5.92. The third-order valence-corrected chi connectivity index (χ3v) is 2.81. The predicted octanol–water partition coefficient (Wildman–Crippen LogP) is 2.81. The summed E-state index contributed by atoms with van der Waals surface area (Å²) in [5.41, 5.74) is 7.15. The van der Waals surface area contributed by atoms with Gasteiger partial charge in [-0.05, 0) is 36.4 Å². The van der Waals surface area contributed by atoms with Gasteiger partial charge in [0, 0.05) is 11.4 Å². The maximum Gasteiger partial charge on any atom is 0.340 e. The number of benzene rings is 2. The van der Waals surface area contributed by atoms with Crippen LogP contribution in [0.5, 0.6) is 0 Å². The lowest BCUT2D eigenvalue weighted by Gasteiger charge is -2.12. The Labute approximate surface area is 120 Å². The number of carbonyl (C=O) groups is 1. The van der Waals surface area contributed by atoms with Gasteiger partial charge >= 0.3 is 5.97 Å². The predicted molar refractivity (Wildman–Crippen MR) is 76.6 cm³/mol. The van der Waals surface area contributed by atoms with Gasteiger partial charge in [0.1, 0.15) is 11.9 Å². The highest BCUT2D eigenvalue weighted by Gasteiger charge is 2.13. The third-order valence-electron chi connectivity index (χ3n) is 2.81. The first-order valence-corrected chi connectivity index (χ1v) is 5.99. The minimum absolute atomic E-state index is 0.0879. The van der Waals surface area contributed by atoms with Crippen LogP contribution in [0.3, 0.4) is 0 Å². The largest absolute Gasteiger partial charge is 0.465 e. The van der Waals surface area contributed by atoms with E-state index in [0.717, 1.165) is 0 Å². The van der Waals surface area contributed by atoms with Crippen molar-refractivity contribution in [3.05, 3.63) is 53.3 Å². The highest BCUT2D eigenvalue weighted by molar-refractivity contribution is 5.97. The van der Waals surface area contributed by atoms with E-state index in [4.69, 9.17) is 11.0 Å². The number of methoxy groups -OCH3 is 1. The quantitative estimate of drug-likeness (QED) is 0.668. The lowest BCUT2D eigenvalue weighted by molar-refractivity contribution is 0.0602. The molecule has 3 N–H and O–H groups in total. The molecule has 0 aliphatic heterocycles. The molecule has 0 aromatic heterocycles. The van der Waals surface area contributed by atoms with E-state index in [-0.39, 0.29) is 11.1 Å². The SMILES string of the molecule is COC(=O)c1cc(N)ccc1Nc1ccc(F)c(C#N)c1. The maximum atomic E-state index is 13.3. The van der Waals surface area contributed by atoms with Crippen molar-refractivity contribution in [1.29, 1.82) is 5.26 Å². The van der Waals surface area contributed by atoms with Gasteiger partial charge in [-0.1, -0.05) is 0 Å². The Morgan fingerprint density at radius 3 is 2.76 bits per heavy atom. The molecule has 0 aliphatic rings. The summed E-state index contributed by atoms with van der Waals surface area (Å²) in [6.07, 6.45) is 0. The average molecular weight is 285 g/mol. The van der Waals surface area contributed by atoms with Crippen LogP contribution in [0.15, 0.2) is 36.4 Å². The van der Waals surface area contributed by atoms with E-state index in [1.807, 2.05) is 0 Å². The number of hydrogen-bond acceptors (Lipinski definition) is 5. The number of nitrogens with one attached hydrogen (secondary N) is 1. The Kier molecular flexibility index (Phi) is 4.05. The Morgan fingerprint density at radius 1 is 1.33 bits per heavy atom. The summed E-state index contributed by atoms with van der Waals surface area (Å²) in [5, 5.41) is 11.8. The van der Waals surface area contributed by atoms with Crippen LogP contribution in [-0.2, 0) is 4.74 Å². The van der Waals surface area contributed by atoms with Gasteiger partial charge in [-0.25, -0.2) is 9.18 Å². The van der Waals surface area contributed by atoms with Gasteiger partial charge in [-0.3, -0.25) is 0 Å². The maximum absolute atomic E-state index is 13.3. The van der Waals surface area contributed by atoms with Crippen molar-refractivity contribution in [2.45, 2.75) is 0 Å². The number of ether oxygens (including phenoxy) is 1. The fourth-order valence-electron chi connectivity index (χ4n) is 1.79. The molecule has 2 rings (SSSR count). The van der Waals surface area contributed by atoms with E-state index in [1.54, 1.807) is 18.2 Å². The summed E-state index contributed by atoms with van der Waals surface area (Å²) in [4.78, 5) is 11.7. The molecule has 0 fully saturated rings. The zero-order valence-electron chi connectivity index (χ0n) is 11.2. The zero-order chi connectivity index (χ0) is 15.4. The fraction of sp³-hybridized carbons (Fsp3) is 0.0667. The summed E-state index contributed by atoms with van der Waals surface area (Å²) < 4.78 is 18.0. The van der Waals surface area contributed by atoms with Gasteiger partial charge < -0.3 is 15.8 Å². The molecule has 0 radical (unpaired) electrons. The molecule has 0 atom stereocenters. The molecule has 0 saturated heterocycles. The van der Waals surface area contributed by atoms with Crippen LogP contribution in [0.4, 0.5) is 21.5 Å². The van der Waals surface area contributed by atoms with Crippen molar-refractivity contribution in [1.82, 2.24) is 0 Å². The molecule has 0 heterocycles. The molecule has 0 unspecified atom stereocenters. The number of nitrogens with zero attached hydrogens (tertiary/aromatic N) is 1. The number of anilines is 3. The van der Waals surface area contributed by atoms with Crippen molar-refractivity contribution in [2.24, 2.45) is 0 Å². The molecular formula is C15H12FN3O2. The Morgan fingerprint density at radius 2 is 2.10 bits per heavy atom. The molecule has 0 aliphatic carbocycles. The monoisotopic (exact) mass is 285 g/mol. The highest BCUT2D eigenvalue weighted by Crippen LogP contribution is 2.25. The number of esters is 1. The first-order chi connectivity index (χ1) is 10.0. The average Bonchev–Trinajstić information content (AvgIpc) is 2.50. The molecule has 0 amide bonds. The molecule has 2 aromatic carbocycles. The van der Waals surface area contributed by atoms with Gasteiger partial charge in [0.15, 0.2) is 0 Å². The number of nitrogens with two attached hydrogens (primary N) is 1. The summed E-state index contributed by atoms with van der Waals surface area (Å²) >= 11 is 0. The number of rotatable bonds is 3. The normalized spacial score (nSPS) is 9.76. The van der Waals surface area contributed by atoms with Gasteiger partial charge in [-0.2, -0.15) is 5.26 Å². The van der Waals surface area contributed by atoms with Crippen molar-refractivity contribution in [3.63, 3.8) is 0 Å². The van der Waals surface area contributed by atoms with Crippen LogP contribution in [0.2, 0.25) is 0 Å². The Bertz CT molecular complexity index is 738. The molecule has 2 aromatic rings. The van der Waals surface area contributed by atoms with Gasteiger partial charge in [0.2, 0.25) is 0 Å². The van der Waals surface area contributed by atoms with Crippen LogP contribution >= 0.6 is 0 Å². The zero-order valence-corrected chi connectivity index (χ0v) is 11.2. The lowest BCUT2D eigenvalue weighted by atomic mass is 10.1. The fourth-order valence-corrected chi connectivity index (χ4v) is 1.79. The van der Waals surface area contributed by atoms with Gasteiger partial charge in [0.05, 0.1) is 23.9 Å². The van der Waals surface area contributed by atoms with E-state index >= 15 is 0 Å². The minimum Gasteiger partial charge on any atom is -0.465 e. The van der Waals surface area contributed by atoms with E-state index in [0.29, 0.717) is 17.1 Å². The van der Waals surface area contributed by atoms with Gasteiger partial charge in [0.25, 0.3) is 0 Å². The molecular weight excluding hydrogens is 273 g/mol. The molecule has 5 nitrogen and oxygen atoms in total. The third kappa shape index (κ3) is 3.09. The summed E-state index contributed by atoms with van der Waals surface area (Å²) in [7, 11) is 1.26. The van der Waals surface area contributed by atoms with Crippen LogP contribution in [0.1, 0.15) is 15.9 Å². The number of carbonyl (C=O) groups excluding carboxylic acids is 1. The summed E-state index contributed by atoms with van der Waals surface area (Å²) in [5.74, 6) is -1.15. The number of hydrogen-bond donors (Lipinski definition) is 2. The Hall–Kier alpha value is -3.07. The first-order valence-electron chi connectivity index (χ1n) is 5.99. The van der Waals surface area contributed by atoms with Crippen molar-refractivity contribution < 1.29 is 13.9 Å². The van der Waals surface area contributed by atoms with Gasteiger partial charge in [-0.15, -0.1) is 0 Å². The minimum atomic E-state index is -0.603. The standard InChI is InChI=1S/C15H12FN3O2/c1-21-15(20)12-7-10(18)2-5-14(12)19-11-3-4-13(16)9(6-11)8-17/h2-7,19H,18H2,1H3. The van der Waals surface area contributed by atoms with Crippen LogP contribution < -0.4 is 11.1 Å². The lowest BCUT2D eigenvalue weighted by Crippen LogP contribution is -2.06. The molecule has 0 spiro atoms. The first kappa shape index (κ1) is 14.3. The molecule has 106 valence electrons. The van der Waals surface area contributed by atoms with Crippen molar-refractivity contribution >= 4 is 23.0 Å². The molecule has 6 heteroatoms. The van der Waals surface area contributed by atoms with Crippen molar-refractivity contribution in [3.8, 4) is 6.07 Å². The molecule has 21 heavy (non-hydrogen) atoms. The van der Waals surface area contributed by atoms with E-state index < -0.39 is 11.8 Å². The second-order valence-electron chi connectivity index (χ2n) is 4.23. The number of nitrogen functional groups attached to an aromatic ring is 1. The smallest absolute Gasteiger partial charge is 0.340 e. The topological polar surface area (TPSA) is 88.1 Å². The summed E-state index contributed by atoms with van der Waals surface area (Å²) in [6, 6.07) is 10.4. The molecule has 0 bridgehead atoms. The van der Waals surface area contributed by atoms with Crippen LogP contribution in [0, 0.1) is 17.1 Å². The Balaban J connectivity index is 2.40. The van der Waals surface area contributed by atoms with E-state index in [1.165, 1.54) is 31.4 Å². The highest BCUT2D eigenvalue weighted by atomic mass is 19.1.